The zero-order chi connectivity index (χ0) is 33.3. The van der Waals surface area contributed by atoms with Gasteiger partial charge in [-0.1, -0.05) is 58.9 Å². The van der Waals surface area contributed by atoms with Crippen LogP contribution in [0.2, 0.25) is 0 Å². The fraction of sp³-hybridized carbons (Fsp3) is 0.515. The van der Waals surface area contributed by atoms with Crippen molar-refractivity contribution in [3.8, 4) is 0 Å². The molecule has 45 heavy (non-hydrogen) atoms. The maximum atomic E-state index is 13.2. The number of hydrogen-bond donors (Lipinski definition) is 4. The Labute approximate surface area is 265 Å². The fourth-order valence-electron chi connectivity index (χ4n) is 4.81. The molecule has 2 aromatic rings. The molecule has 4 amide bonds. The van der Waals surface area contributed by atoms with Gasteiger partial charge in [-0.15, -0.1) is 0 Å². The van der Waals surface area contributed by atoms with E-state index in [1.165, 1.54) is 6.92 Å². The smallest absolute Gasteiger partial charge is 0.289 e. The number of aromatic nitrogens is 1. The minimum atomic E-state index is -1.11. The topological polar surface area (TPSA) is 153 Å². The maximum absolute atomic E-state index is 13.2. The molecule has 1 aliphatic rings. The molecule has 1 fully saturated rings. The number of nitrogens with zero attached hydrogens (tertiary/aromatic N) is 3. The molecule has 0 saturated carbocycles. The summed E-state index contributed by atoms with van der Waals surface area (Å²) in [5.74, 6) is -2.74. The van der Waals surface area contributed by atoms with Crippen molar-refractivity contribution in [3.63, 3.8) is 0 Å². The second-order valence-electron chi connectivity index (χ2n) is 13.0. The number of likely N-dealkylation sites (N-methyl/N-ethyl adjacent to an activating group) is 1. The minimum absolute atomic E-state index is 0.106. The van der Waals surface area contributed by atoms with Crippen LogP contribution in [0.5, 0.6) is 0 Å². The van der Waals surface area contributed by atoms with E-state index in [9.17, 15) is 24.0 Å². The average Bonchev–Trinajstić information content (AvgIpc) is 3.00. The first-order chi connectivity index (χ1) is 21.2. The number of hydrogen-bond acceptors (Lipinski definition) is 8. The second-order valence-corrected chi connectivity index (χ2v) is 13.0. The van der Waals surface area contributed by atoms with Crippen molar-refractivity contribution >= 4 is 35.2 Å². The first-order valence-corrected chi connectivity index (χ1v) is 15.3. The van der Waals surface area contributed by atoms with Crippen LogP contribution in [0.1, 0.15) is 57.5 Å². The van der Waals surface area contributed by atoms with E-state index in [4.69, 9.17) is 0 Å². The molecule has 0 bridgehead atoms. The molecule has 3 rings (SSSR count). The van der Waals surface area contributed by atoms with Crippen molar-refractivity contribution in [1.82, 2.24) is 31.2 Å². The number of benzene rings is 1. The molecule has 2 heterocycles. The molecule has 244 valence electrons. The summed E-state index contributed by atoms with van der Waals surface area (Å²) in [4.78, 5) is 73.9. The summed E-state index contributed by atoms with van der Waals surface area (Å²) in [6, 6.07) is 9.20. The van der Waals surface area contributed by atoms with Crippen LogP contribution in [-0.2, 0) is 25.7 Å². The summed E-state index contributed by atoms with van der Waals surface area (Å²) in [6.45, 7) is 14.1. The van der Waals surface area contributed by atoms with E-state index in [1.54, 1.807) is 71.1 Å². The van der Waals surface area contributed by atoms with Crippen molar-refractivity contribution in [2.24, 2.45) is 11.3 Å². The van der Waals surface area contributed by atoms with Crippen molar-refractivity contribution in [2.75, 3.05) is 38.1 Å². The SMILES string of the molecule is CC(NC(=O)C(NC(=O)c1ccccc1)C(C)(C)C)C(=O)NC(C(=O)C(=O)NCc1ccc(N2CCN(C)CC2)nc1)C(C)C. The molecule has 1 saturated heterocycles. The van der Waals surface area contributed by atoms with Crippen LogP contribution in [0.25, 0.3) is 0 Å². The summed E-state index contributed by atoms with van der Waals surface area (Å²) in [5, 5.41) is 10.6. The number of Topliss-reactive ketones (excluding diaryl/α,β-unsaturated/α-hetero) is 1. The third-order valence-electron chi connectivity index (χ3n) is 7.75. The van der Waals surface area contributed by atoms with Crippen LogP contribution in [0.15, 0.2) is 48.7 Å². The molecule has 0 aliphatic carbocycles. The third kappa shape index (κ3) is 10.1. The van der Waals surface area contributed by atoms with Gasteiger partial charge in [0.25, 0.3) is 11.8 Å². The Bertz CT molecular complexity index is 1330. The van der Waals surface area contributed by atoms with E-state index >= 15 is 0 Å². The number of amides is 4. The van der Waals surface area contributed by atoms with Crippen LogP contribution < -0.4 is 26.2 Å². The third-order valence-corrected chi connectivity index (χ3v) is 7.75. The maximum Gasteiger partial charge on any atom is 0.289 e. The number of carbonyl (C=O) groups excluding carboxylic acids is 5. The van der Waals surface area contributed by atoms with Crippen LogP contribution >= 0.6 is 0 Å². The zero-order valence-corrected chi connectivity index (χ0v) is 27.3. The molecular weight excluding hydrogens is 574 g/mol. The predicted octanol–water partition coefficient (Wildman–Crippen LogP) is 1.51. The van der Waals surface area contributed by atoms with Gasteiger partial charge >= 0.3 is 0 Å². The molecule has 12 heteroatoms. The molecule has 1 aromatic carbocycles. The number of carbonyl (C=O) groups is 5. The van der Waals surface area contributed by atoms with Gasteiger partial charge in [-0.2, -0.15) is 0 Å². The molecular formula is C33H47N7O5. The lowest BCUT2D eigenvalue weighted by molar-refractivity contribution is -0.141. The number of anilines is 1. The van der Waals surface area contributed by atoms with Gasteiger partial charge in [0.1, 0.15) is 17.9 Å². The Hall–Kier alpha value is -4.32. The fourth-order valence-corrected chi connectivity index (χ4v) is 4.81. The normalized spacial score (nSPS) is 15.9. The van der Waals surface area contributed by atoms with Crippen molar-refractivity contribution in [3.05, 3.63) is 59.8 Å². The van der Waals surface area contributed by atoms with Gasteiger partial charge in [0.15, 0.2) is 0 Å². The largest absolute Gasteiger partial charge is 0.354 e. The van der Waals surface area contributed by atoms with E-state index in [1.807, 2.05) is 12.1 Å². The number of piperazine rings is 1. The van der Waals surface area contributed by atoms with Gasteiger partial charge in [-0.25, -0.2) is 4.98 Å². The quantitative estimate of drug-likeness (QED) is 0.260. The van der Waals surface area contributed by atoms with Gasteiger partial charge in [-0.05, 0) is 49.1 Å². The Morgan fingerprint density at radius 2 is 1.49 bits per heavy atom. The summed E-state index contributed by atoms with van der Waals surface area (Å²) >= 11 is 0. The predicted molar refractivity (Wildman–Crippen MR) is 172 cm³/mol. The van der Waals surface area contributed by atoms with Gasteiger partial charge in [0.05, 0.1) is 6.04 Å². The molecule has 4 N–H and O–H groups in total. The number of ketones is 1. The molecule has 12 nitrogen and oxygen atoms in total. The van der Waals surface area contributed by atoms with E-state index < -0.39 is 58.9 Å². The van der Waals surface area contributed by atoms with Crippen LogP contribution in [0.4, 0.5) is 5.82 Å². The zero-order valence-electron chi connectivity index (χ0n) is 27.3. The first kappa shape index (κ1) is 35.2. The molecule has 3 atom stereocenters. The van der Waals surface area contributed by atoms with Gasteiger partial charge in [0, 0.05) is 44.5 Å². The highest BCUT2D eigenvalue weighted by Gasteiger charge is 2.36. The molecule has 1 aliphatic heterocycles. The summed E-state index contributed by atoms with van der Waals surface area (Å²) in [6.07, 6.45) is 1.68. The standard InChI is InChI=1S/C33H47N7O5/c1-21(2)26(27(41)31(44)35-20-23-13-14-25(34-19-23)40-17-15-39(7)16-18-40)37-29(42)22(3)36-32(45)28(33(4,5)6)38-30(43)24-11-9-8-10-12-24/h8-14,19,21-22,26,28H,15-18,20H2,1-7H3,(H,35,44)(H,36,45)(H,37,42)(H,38,43). The van der Waals surface area contributed by atoms with E-state index in [0.717, 1.165) is 37.6 Å². The van der Waals surface area contributed by atoms with Gasteiger partial charge in [0.2, 0.25) is 17.6 Å². The summed E-state index contributed by atoms with van der Waals surface area (Å²) in [5.41, 5.74) is 0.476. The lowest BCUT2D eigenvalue weighted by Gasteiger charge is -2.33. The van der Waals surface area contributed by atoms with Crippen molar-refractivity contribution < 1.29 is 24.0 Å². The van der Waals surface area contributed by atoms with Crippen LogP contribution in [-0.4, -0.2) is 90.6 Å². The van der Waals surface area contributed by atoms with Gasteiger partial charge in [-0.3, -0.25) is 24.0 Å². The lowest BCUT2D eigenvalue weighted by Crippen LogP contribution is -2.59. The minimum Gasteiger partial charge on any atom is -0.354 e. The first-order valence-electron chi connectivity index (χ1n) is 15.3. The van der Waals surface area contributed by atoms with E-state index in [-0.39, 0.29) is 6.54 Å². The Kier molecular flexibility index (Phi) is 12.2. The highest BCUT2D eigenvalue weighted by atomic mass is 16.2. The average molecular weight is 622 g/mol. The molecule has 3 unspecified atom stereocenters. The Morgan fingerprint density at radius 1 is 0.844 bits per heavy atom. The Balaban J connectivity index is 1.55. The lowest BCUT2D eigenvalue weighted by atomic mass is 9.85. The highest BCUT2D eigenvalue weighted by Crippen LogP contribution is 2.20. The van der Waals surface area contributed by atoms with Crippen molar-refractivity contribution in [2.45, 2.75) is 66.2 Å². The summed E-state index contributed by atoms with van der Waals surface area (Å²) < 4.78 is 0. The van der Waals surface area contributed by atoms with Crippen molar-refractivity contribution in [1.29, 1.82) is 0 Å². The van der Waals surface area contributed by atoms with Gasteiger partial charge < -0.3 is 31.1 Å². The molecule has 1 aromatic heterocycles. The monoisotopic (exact) mass is 621 g/mol. The number of nitrogens with one attached hydrogen (secondary N) is 4. The number of rotatable bonds is 12. The van der Waals surface area contributed by atoms with Crippen LogP contribution in [0.3, 0.4) is 0 Å². The van der Waals surface area contributed by atoms with E-state index in [0.29, 0.717) is 5.56 Å². The second kappa shape index (κ2) is 15.6. The molecule has 0 spiro atoms. The number of pyridine rings is 1. The molecule has 0 radical (unpaired) electrons. The summed E-state index contributed by atoms with van der Waals surface area (Å²) in [7, 11) is 2.09. The van der Waals surface area contributed by atoms with E-state index in [2.05, 4.69) is 43.1 Å². The highest BCUT2D eigenvalue weighted by molar-refractivity contribution is 6.38. The Morgan fingerprint density at radius 3 is 2.04 bits per heavy atom. The van der Waals surface area contributed by atoms with Crippen LogP contribution in [0, 0.1) is 11.3 Å².